The van der Waals surface area contributed by atoms with Crippen molar-refractivity contribution in [1.82, 2.24) is 0 Å². The van der Waals surface area contributed by atoms with Gasteiger partial charge in [-0.15, -0.1) is 0 Å². The summed E-state index contributed by atoms with van der Waals surface area (Å²) in [5.74, 6) is -1.37. The Morgan fingerprint density at radius 2 is 0.535 bits per heavy atom. The quantitative estimate of drug-likeness (QED) is 0.0169. The standard InChI is InChI=1S/C82H156O17P2/c1-6-9-12-15-18-21-24-27-29-30-31-32-34-37-42-47-52-57-62-67-81(86)98-77(71-93-80(85)66-61-56-51-46-41-36-33-28-25-22-19-16-13-10-7-2)73-96-100(88,89)94-69-76(83)70-95-101(90,91)97-74-78(72-92-79(84)65-60-55-50-45-40-35-26-23-20-17-14-11-8-3)99-82(87)68-63-58-53-48-43-38-39-44-49-54-59-64-75(4)5/h22,25,28,33,75-78,83H,6-21,23-24,26-27,29-32,34-74H2,1-5H3,(H,88,89)(H,90,91)/b25-22-,33-28-/t76-,77-,78-/m1/s1. The number of phosphoric acid groups is 2. The number of aliphatic hydroxyl groups excluding tert-OH is 1. The SMILES string of the molecule is CCCCCC/C=C\C=C/CCCCCCCC(=O)OC[C@H](COP(=O)(O)OC[C@@H](O)COP(=O)(O)OC[C@@H](COC(=O)CCCCCCCCCCCCCCC)OC(=O)CCCCCCCCCCCCCC(C)C)OC(=O)CCCCCCCCCCCCCCCCCCCCC. The maximum Gasteiger partial charge on any atom is 0.472 e. The Labute approximate surface area is 618 Å². The lowest BCUT2D eigenvalue weighted by Crippen LogP contribution is -2.30. The molecule has 0 aromatic heterocycles. The Bertz CT molecular complexity index is 2020. The number of carbonyl (C=O) groups excluding carboxylic acids is 4. The molecule has 2 unspecified atom stereocenters. The molecule has 5 atom stereocenters. The molecule has 101 heavy (non-hydrogen) atoms. The van der Waals surface area contributed by atoms with E-state index in [1.165, 1.54) is 218 Å². The molecule has 0 bridgehead atoms. The lowest BCUT2D eigenvalue weighted by atomic mass is 10.0. The van der Waals surface area contributed by atoms with Gasteiger partial charge in [0, 0.05) is 25.7 Å². The van der Waals surface area contributed by atoms with Gasteiger partial charge in [0.1, 0.15) is 19.3 Å². The molecule has 0 fully saturated rings. The van der Waals surface area contributed by atoms with Gasteiger partial charge in [0.05, 0.1) is 26.4 Å². The van der Waals surface area contributed by atoms with Crippen molar-refractivity contribution in [3.8, 4) is 0 Å². The molecule has 0 amide bonds. The van der Waals surface area contributed by atoms with Crippen LogP contribution in [0.25, 0.3) is 0 Å². The summed E-state index contributed by atoms with van der Waals surface area (Å²) in [6.07, 6.45) is 68.7. The minimum atomic E-state index is -4.97. The number of hydrogen-bond donors (Lipinski definition) is 3. The Hall–Kier alpha value is -2.46. The van der Waals surface area contributed by atoms with Crippen LogP contribution < -0.4 is 0 Å². The smallest absolute Gasteiger partial charge is 0.462 e. The fourth-order valence-electron chi connectivity index (χ4n) is 12.2. The van der Waals surface area contributed by atoms with Crippen LogP contribution in [-0.4, -0.2) is 96.7 Å². The maximum atomic E-state index is 13.1. The monoisotopic (exact) mass is 1480 g/mol. The normalized spacial score (nSPS) is 14.0. The highest BCUT2D eigenvalue weighted by molar-refractivity contribution is 7.47. The third kappa shape index (κ3) is 75.6. The van der Waals surface area contributed by atoms with Crippen molar-refractivity contribution in [2.75, 3.05) is 39.6 Å². The van der Waals surface area contributed by atoms with Gasteiger partial charge in [0.15, 0.2) is 12.2 Å². The van der Waals surface area contributed by atoms with Gasteiger partial charge in [0.25, 0.3) is 0 Å². The number of hydrogen-bond acceptors (Lipinski definition) is 15. The van der Waals surface area contributed by atoms with E-state index in [2.05, 4.69) is 58.9 Å². The second-order valence-corrected chi connectivity index (χ2v) is 32.2. The largest absolute Gasteiger partial charge is 0.472 e. The van der Waals surface area contributed by atoms with Crippen LogP contribution in [0.3, 0.4) is 0 Å². The van der Waals surface area contributed by atoms with Gasteiger partial charge in [-0.2, -0.15) is 0 Å². The van der Waals surface area contributed by atoms with Crippen LogP contribution in [0.1, 0.15) is 413 Å². The van der Waals surface area contributed by atoms with E-state index in [1.54, 1.807) is 0 Å². The third-order valence-corrected chi connectivity index (χ3v) is 20.6. The van der Waals surface area contributed by atoms with E-state index in [-0.39, 0.29) is 25.7 Å². The van der Waals surface area contributed by atoms with Gasteiger partial charge in [0.2, 0.25) is 0 Å². The molecule has 596 valence electrons. The number of carbonyl (C=O) groups is 4. The molecule has 0 saturated carbocycles. The molecule has 0 spiro atoms. The first-order valence-electron chi connectivity index (χ1n) is 42.0. The van der Waals surface area contributed by atoms with Crippen molar-refractivity contribution in [1.29, 1.82) is 0 Å². The highest BCUT2D eigenvalue weighted by atomic mass is 31.2. The van der Waals surface area contributed by atoms with Gasteiger partial charge >= 0.3 is 39.5 Å². The molecule has 0 heterocycles. The molecule has 0 saturated heterocycles. The number of aliphatic hydroxyl groups is 1. The summed E-state index contributed by atoms with van der Waals surface area (Å²) in [6, 6.07) is 0. The van der Waals surface area contributed by atoms with Gasteiger partial charge < -0.3 is 33.8 Å². The van der Waals surface area contributed by atoms with E-state index in [0.717, 1.165) is 115 Å². The number of unbranched alkanes of at least 4 members (excludes halogenated alkanes) is 49. The summed E-state index contributed by atoms with van der Waals surface area (Å²) in [5.41, 5.74) is 0. The van der Waals surface area contributed by atoms with E-state index < -0.39 is 97.5 Å². The Kier molecular flexibility index (Phi) is 72.6. The zero-order valence-electron chi connectivity index (χ0n) is 65.5. The average molecular weight is 1480 g/mol. The van der Waals surface area contributed by atoms with Crippen molar-refractivity contribution in [3.63, 3.8) is 0 Å². The molecule has 19 heteroatoms. The average Bonchev–Trinajstić information content (AvgIpc) is 0.921. The van der Waals surface area contributed by atoms with E-state index in [0.29, 0.717) is 25.7 Å². The maximum absolute atomic E-state index is 13.1. The minimum absolute atomic E-state index is 0.102. The highest BCUT2D eigenvalue weighted by Crippen LogP contribution is 2.45. The first kappa shape index (κ1) is 98.5. The summed E-state index contributed by atoms with van der Waals surface area (Å²) in [6.45, 7) is 7.27. The molecule has 0 aliphatic heterocycles. The first-order valence-corrected chi connectivity index (χ1v) is 44.9. The Morgan fingerprint density at radius 1 is 0.307 bits per heavy atom. The molecule has 3 N–H and O–H groups in total. The molecule has 17 nitrogen and oxygen atoms in total. The van der Waals surface area contributed by atoms with Crippen LogP contribution in [0.4, 0.5) is 0 Å². The molecule has 0 aromatic rings. The Balaban J connectivity index is 5.29. The number of rotatable bonds is 80. The van der Waals surface area contributed by atoms with E-state index in [4.69, 9.17) is 37.0 Å². The second kappa shape index (κ2) is 74.4. The van der Waals surface area contributed by atoms with Crippen molar-refractivity contribution >= 4 is 39.5 Å². The van der Waals surface area contributed by atoms with Gasteiger partial charge in [-0.25, -0.2) is 9.13 Å². The van der Waals surface area contributed by atoms with Crippen LogP contribution in [0.15, 0.2) is 24.3 Å². The second-order valence-electron chi connectivity index (χ2n) is 29.3. The first-order chi connectivity index (χ1) is 49.0. The van der Waals surface area contributed by atoms with Crippen molar-refractivity contribution in [3.05, 3.63) is 24.3 Å². The van der Waals surface area contributed by atoms with E-state index in [9.17, 15) is 43.2 Å². The molecular weight excluding hydrogens is 1320 g/mol. The number of allylic oxidation sites excluding steroid dienone is 4. The zero-order valence-corrected chi connectivity index (χ0v) is 67.3. The van der Waals surface area contributed by atoms with Crippen molar-refractivity contribution < 1.29 is 80.2 Å². The number of ether oxygens (including phenoxy) is 4. The predicted molar refractivity (Wildman–Crippen MR) is 414 cm³/mol. The van der Waals surface area contributed by atoms with Crippen LogP contribution in [0.2, 0.25) is 0 Å². The lowest BCUT2D eigenvalue weighted by molar-refractivity contribution is -0.161. The summed E-state index contributed by atoms with van der Waals surface area (Å²) in [4.78, 5) is 73.1. The van der Waals surface area contributed by atoms with Gasteiger partial charge in [-0.1, -0.05) is 361 Å². The molecule has 0 radical (unpaired) electrons. The predicted octanol–water partition coefficient (Wildman–Crippen LogP) is 24.4. The highest BCUT2D eigenvalue weighted by Gasteiger charge is 2.30. The molecule has 0 rings (SSSR count). The van der Waals surface area contributed by atoms with E-state index >= 15 is 0 Å². The zero-order chi connectivity index (χ0) is 74.1. The van der Waals surface area contributed by atoms with Gasteiger partial charge in [-0.05, 0) is 57.3 Å². The van der Waals surface area contributed by atoms with Crippen LogP contribution in [0, 0.1) is 5.92 Å². The van der Waals surface area contributed by atoms with Crippen molar-refractivity contribution in [2.24, 2.45) is 5.92 Å². The van der Waals surface area contributed by atoms with Crippen molar-refractivity contribution in [2.45, 2.75) is 432 Å². The summed E-state index contributed by atoms with van der Waals surface area (Å²) >= 11 is 0. The molecule has 0 aliphatic carbocycles. The molecule has 0 aliphatic rings. The van der Waals surface area contributed by atoms with Crippen LogP contribution in [0.5, 0.6) is 0 Å². The molecule has 0 aromatic carbocycles. The fourth-order valence-corrected chi connectivity index (χ4v) is 13.8. The number of phosphoric ester groups is 2. The lowest BCUT2D eigenvalue weighted by Gasteiger charge is -2.21. The fraction of sp³-hybridized carbons (Fsp3) is 0.902. The summed E-state index contributed by atoms with van der Waals surface area (Å²) in [7, 11) is -9.93. The topological polar surface area (TPSA) is 237 Å². The minimum Gasteiger partial charge on any atom is -0.462 e. The number of esters is 4. The van der Waals surface area contributed by atoms with Crippen LogP contribution in [-0.2, 0) is 65.4 Å². The summed E-state index contributed by atoms with van der Waals surface area (Å²) < 4.78 is 68.7. The third-order valence-electron chi connectivity index (χ3n) is 18.7. The summed E-state index contributed by atoms with van der Waals surface area (Å²) in [5, 5.41) is 10.6. The van der Waals surface area contributed by atoms with Gasteiger partial charge in [-0.3, -0.25) is 37.3 Å². The van der Waals surface area contributed by atoms with Crippen LogP contribution >= 0.6 is 15.6 Å². The molecular formula is C82H156O17P2. The van der Waals surface area contributed by atoms with E-state index in [1.807, 2.05) is 0 Å². The Morgan fingerprint density at radius 3 is 0.812 bits per heavy atom.